The fourth-order valence-corrected chi connectivity index (χ4v) is 1.75. The summed E-state index contributed by atoms with van der Waals surface area (Å²) in [5.74, 6) is 1.21. The number of furan rings is 1. The van der Waals surface area contributed by atoms with Gasteiger partial charge in [-0.05, 0) is 26.0 Å². The molecule has 0 saturated heterocycles. The molecule has 0 aliphatic rings. The maximum absolute atomic E-state index is 11.4. The van der Waals surface area contributed by atoms with Crippen molar-refractivity contribution in [2.45, 2.75) is 45.1 Å². The van der Waals surface area contributed by atoms with Crippen LogP contribution in [0.4, 0.5) is 0 Å². The van der Waals surface area contributed by atoms with E-state index in [1.54, 1.807) is 0 Å². The number of rotatable bonds is 5. The van der Waals surface area contributed by atoms with E-state index >= 15 is 0 Å². The lowest BCUT2D eigenvalue weighted by molar-refractivity contribution is -0.141. The van der Waals surface area contributed by atoms with Crippen molar-refractivity contribution < 1.29 is 13.9 Å². The minimum absolute atomic E-state index is 0.171. The van der Waals surface area contributed by atoms with E-state index in [-0.39, 0.29) is 18.3 Å². The summed E-state index contributed by atoms with van der Waals surface area (Å²) >= 11 is 0. The second-order valence-corrected chi connectivity index (χ2v) is 4.81. The predicted molar refractivity (Wildman–Crippen MR) is 65.7 cm³/mol. The molecule has 0 radical (unpaired) electrons. The molecule has 1 rings (SSSR count). The van der Waals surface area contributed by atoms with Gasteiger partial charge in [0.05, 0.1) is 13.5 Å². The van der Waals surface area contributed by atoms with Gasteiger partial charge < -0.3 is 14.9 Å². The molecule has 0 aliphatic carbocycles. The Labute approximate surface area is 102 Å². The summed E-state index contributed by atoms with van der Waals surface area (Å²) in [5.41, 5.74) is 5.57. The van der Waals surface area contributed by atoms with Crippen LogP contribution in [-0.4, -0.2) is 18.6 Å². The van der Waals surface area contributed by atoms with Crippen LogP contribution in [0.3, 0.4) is 0 Å². The van der Waals surface area contributed by atoms with Crippen molar-refractivity contribution in [1.29, 1.82) is 0 Å². The molecular formula is C13H21NO3. The highest BCUT2D eigenvalue weighted by Crippen LogP contribution is 2.31. The van der Waals surface area contributed by atoms with Crippen molar-refractivity contribution in [3.63, 3.8) is 0 Å². The molecule has 0 aromatic carbocycles. The molecule has 1 aromatic rings. The van der Waals surface area contributed by atoms with Gasteiger partial charge in [0, 0.05) is 17.9 Å². The van der Waals surface area contributed by atoms with E-state index < -0.39 is 5.54 Å². The average Bonchev–Trinajstić information content (AvgIpc) is 2.71. The zero-order valence-corrected chi connectivity index (χ0v) is 10.9. The topological polar surface area (TPSA) is 65.5 Å². The van der Waals surface area contributed by atoms with Gasteiger partial charge in [0.1, 0.15) is 11.5 Å². The number of methoxy groups -OCH3 is 1. The summed E-state index contributed by atoms with van der Waals surface area (Å²) in [6.07, 6.45) is 1.06. The Kier molecular flexibility index (Phi) is 4.34. The maximum atomic E-state index is 11.4. The normalized spacial score (nSPS) is 13.5. The summed E-state index contributed by atoms with van der Waals surface area (Å²) in [4.78, 5) is 11.4. The van der Waals surface area contributed by atoms with Gasteiger partial charge >= 0.3 is 5.97 Å². The second kappa shape index (κ2) is 5.36. The molecule has 17 heavy (non-hydrogen) atoms. The summed E-state index contributed by atoms with van der Waals surface area (Å²) < 4.78 is 10.4. The molecule has 0 spiro atoms. The minimum Gasteiger partial charge on any atom is -0.469 e. The van der Waals surface area contributed by atoms with Crippen molar-refractivity contribution in [3.05, 3.63) is 23.7 Å². The van der Waals surface area contributed by atoms with Gasteiger partial charge in [-0.1, -0.05) is 6.92 Å². The van der Waals surface area contributed by atoms with E-state index in [0.29, 0.717) is 0 Å². The minimum atomic E-state index is -0.531. The van der Waals surface area contributed by atoms with Crippen LogP contribution in [0.1, 0.15) is 44.6 Å². The fraction of sp³-hybridized carbons (Fsp3) is 0.615. The molecule has 0 fully saturated rings. The number of hydrogen-bond donors (Lipinski definition) is 1. The van der Waals surface area contributed by atoms with Crippen molar-refractivity contribution in [1.82, 2.24) is 0 Å². The largest absolute Gasteiger partial charge is 0.469 e. The van der Waals surface area contributed by atoms with Gasteiger partial charge in [0.15, 0.2) is 0 Å². The summed E-state index contributed by atoms with van der Waals surface area (Å²) in [6, 6.07) is 3.81. The van der Waals surface area contributed by atoms with Crippen molar-refractivity contribution in [2.24, 2.45) is 5.73 Å². The molecule has 4 heteroatoms. The number of aryl methyl sites for hydroxylation is 1. The zero-order valence-electron chi connectivity index (χ0n) is 10.9. The smallest absolute Gasteiger partial charge is 0.306 e. The molecule has 0 saturated carbocycles. The van der Waals surface area contributed by atoms with Crippen LogP contribution in [0.2, 0.25) is 0 Å². The lowest BCUT2D eigenvalue weighted by atomic mass is 9.84. The summed E-state index contributed by atoms with van der Waals surface area (Å²) in [6.45, 7) is 5.79. The first-order chi connectivity index (χ1) is 7.88. The highest BCUT2D eigenvalue weighted by molar-refractivity contribution is 5.70. The van der Waals surface area contributed by atoms with E-state index in [0.717, 1.165) is 17.9 Å². The van der Waals surface area contributed by atoms with E-state index in [1.165, 1.54) is 7.11 Å². The third kappa shape index (κ3) is 3.60. The average molecular weight is 239 g/mol. The van der Waals surface area contributed by atoms with Crippen LogP contribution in [0.25, 0.3) is 0 Å². The van der Waals surface area contributed by atoms with Crippen LogP contribution in [0, 0.1) is 0 Å². The maximum Gasteiger partial charge on any atom is 0.306 e. The number of nitrogens with two attached hydrogens (primary N) is 1. The molecule has 1 atom stereocenters. The number of hydrogen-bond acceptors (Lipinski definition) is 4. The Hall–Kier alpha value is -1.29. The second-order valence-electron chi connectivity index (χ2n) is 4.81. The van der Waals surface area contributed by atoms with Gasteiger partial charge in [-0.2, -0.15) is 0 Å². The first-order valence-electron chi connectivity index (χ1n) is 5.82. The van der Waals surface area contributed by atoms with Gasteiger partial charge in [0.2, 0.25) is 0 Å². The molecule has 1 aromatic heterocycles. The Morgan fingerprint density at radius 3 is 2.59 bits per heavy atom. The SMILES string of the molecule is CCc1ccc(C(CC(=O)OC)C(C)(C)N)o1. The molecule has 96 valence electrons. The molecule has 4 nitrogen and oxygen atoms in total. The molecular weight excluding hydrogens is 218 g/mol. The lowest BCUT2D eigenvalue weighted by Gasteiger charge is -2.28. The first kappa shape index (κ1) is 13.8. The fourth-order valence-electron chi connectivity index (χ4n) is 1.75. The Morgan fingerprint density at radius 1 is 1.53 bits per heavy atom. The van der Waals surface area contributed by atoms with Gasteiger partial charge in [-0.15, -0.1) is 0 Å². The third-order valence-corrected chi connectivity index (χ3v) is 2.87. The van der Waals surface area contributed by atoms with E-state index in [9.17, 15) is 4.79 Å². The van der Waals surface area contributed by atoms with E-state index in [2.05, 4.69) is 0 Å². The summed E-state index contributed by atoms with van der Waals surface area (Å²) in [7, 11) is 1.38. The molecule has 0 bridgehead atoms. The Morgan fingerprint density at radius 2 is 2.18 bits per heavy atom. The first-order valence-corrected chi connectivity index (χ1v) is 5.82. The van der Waals surface area contributed by atoms with Gasteiger partial charge in [-0.25, -0.2) is 0 Å². The lowest BCUT2D eigenvalue weighted by Crippen LogP contribution is -2.40. The highest BCUT2D eigenvalue weighted by Gasteiger charge is 2.31. The zero-order chi connectivity index (χ0) is 13.1. The number of esters is 1. The number of carbonyl (C=O) groups is 1. The summed E-state index contributed by atoms with van der Waals surface area (Å²) in [5, 5.41) is 0. The monoisotopic (exact) mass is 239 g/mol. The van der Waals surface area contributed by atoms with Crippen molar-refractivity contribution in [2.75, 3.05) is 7.11 Å². The van der Waals surface area contributed by atoms with Crippen LogP contribution < -0.4 is 5.73 Å². The molecule has 1 unspecified atom stereocenters. The van der Waals surface area contributed by atoms with Gasteiger partial charge in [-0.3, -0.25) is 4.79 Å². The van der Waals surface area contributed by atoms with Gasteiger partial charge in [0.25, 0.3) is 0 Å². The predicted octanol–water partition coefficient (Wildman–Crippen LogP) is 2.23. The van der Waals surface area contributed by atoms with Crippen molar-refractivity contribution in [3.8, 4) is 0 Å². The number of ether oxygens (including phenoxy) is 1. The molecule has 2 N–H and O–H groups in total. The van der Waals surface area contributed by atoms with E-state index in [1.807, 2.05) is 32.9 Å². The van der Waals surface area contributed by atoms with Crippen LogP contribution in [0.15, 0.2) is 16.5 Å². The molecule has 1 heterocycles. The Bertz CT molecular complexity index is 376. The number of carbonyl (C=O) groups excluding carboxylic acids is 1. The van der Waals surface area contributed by atoms with Crippen molar-refractivity contribution >= 4 is 5.97 Å². The Balaban J connectivity index is 2.94. The van der Waals surface area contributed by atoms with Crippen LogP contribution >= 0.6 is 0 Å². The molecule has 0 amide bonds. The third-order valence-electron chi connectivity index (χ3n) is 2.87. The molecule has 0 aliphatic heterocycles. The standard InChI is InChI=1S/C13H21NO3/c1-5-9-6-7-11(17-9)10(13(2,3)14)8-12(15)16-4/h6-7,10H,5,8,14H2,1-4H3. The van der Waals surface area contributed by atoms with Crippen LogP contribution in [0.5, 0.6) is 0 Å². The van der Waals surface area contributed by atoms with Crippen LogP contribution in [-0.2, 0) is 16.0 Å². The van der Waals surface area contributed by atoms with E-state index in [4.69, 9.17) is 14.9 Å². The highest BCUT2D eigenvalue weighted by atomic mass is 16.5. The quantitative estimate of drug-likeness (QED) is 0.800.